The van der Waals surface area contributed by atoms with Crippen LogP contribution in [-0.4, -0.2) is 43.4 Å². The quantitative estimate of drug-likeness (QED) is 0.658. The summed E-state index contributed by atoms with van der Waals surface area (Å²) in [5.74, 6) is 0.787. The van der Waals surface area contributed by atoms with Gasteiger partial charge in [0.15, 0.2) is 0 Å². The topological polar surface area (TPSA) is 82.9 Å². The third-order valence-corrected chi connectivity index (χ3v) is 3.16. The number of nitrogens with one attached hydrogen (secondary N) is 1. The third-order valence-electron chi connectivity index (χ3n) is 3.16. The average Bonchev–Trinajstić information content (AvgIpc) is 2.43. The zero-order valence-corrected chi connectivity index (χ0v) is 12.4. The van der Waals surface area contributed by atoms with Crippen LogP contribution in [0.4, 0.5) is 5.69 Å². The van der Waals surface area contributed by atoms with Gasteiger partial charge in [-0.1, -0.05) is 0 Å². The van der Waals surface area contributed by atoms with Gasteiger partial charge in [0.05, 0.1) is 29.8 Å². The van der Waals surface area contributed by atoms with Gasteiger partial charge in [-0.25, -0.2) is 0 Å². The molecular weight excluding hydrogens is 276 g/mol. The van der Waals surface area contributed by atoms with E-state index >= 15 is 0 Å². The van der Waals surface area contributed by atoms with Gasteiger partial charge in [0.1, 0.15) is 24.2 Å². The van der Waals surface area contributed by atoms with Crippen LogP contribution >= 0.6 is 0 Å². The molecule has 2 rings (SSSR count). The zero-order valence-electron chi connectivity index (χ0n) is 12.4. The van der Waals surface area contributed by atoms with Crippen LogP contribution in [0.2, 0.25) is 0 Å². The van der Waals surface area contributed by atoms with Crippen LogP contribution in [-0.2, 0) is 4.74 Å². The first-order chi connectivity index (χ1) is 9.89. The zero-order chi connectivity index (χ0) is 15.5. The number of ether oxygens (including phenoxy) is 3. The number of benzene rings is 1. The maximum Gasteiger partial charge on any atom is 0.276 e. The van der Waals surface area contributed by atoms with Gasteiger partial charge in [-0.3, -0.25) is 10.1 Å². The Hall–Kier alpha value is -1.86. The van der Waals surface area contributed by atoms with E-state index in [2.05, 4.69) is 5.32 Å². The minimum atomic E-state index is -0.475. The molecule has 1 aliphatic rings. The van der Waals surface area contributed by atoms with E-state index in [9.17, 15) is 10.1 Å². The lowest BCUT2D eigenvalue weighted by Crippen LogP contribution is -2.52. The summed E-state index contributed by atoms with van der Waals surface area (Å²) in [5.41, 5.74) is -0.306. The average molecular weight is 296 g/mol. The van der Waals surface area contributed by atoms with Crippen molar-refractivity contribution < 1.29 is 19.1 Å². The first kappa shape index (κ1) is 15.5. The van der Waals surface area contributed by atoms with Gasteiger partial charge in [0.2, 0.25) is 0 Å². The number of nitrogens with zero attached hydrogens (tertiary/aromatic N) is 1. The highest BCUT2D eigenvalue weighted by Crippen LogP contribution is 2.27. The summed E-state index contributed by atoms with van der Waals surface area (Å²) in [7, 11) is 1.46. The minimum absolute atomic E-state index is 0.0626. The van der Waals surface area contributed by atoms with Crippen molar-refractivity contribution in [3.05, 3.63) is 28.3 Å². The van der Waals surface area contributed by atoms with Crippen molar-refractivity contribution in [3.8, 4) is 11.5 Å². The molecule has 1 heterocycles. The van der Waals surface area contributed by atoms with Crippen molar-refractivity contribution in [2.24, 2.45) is 0 Å². The molecular formula is C14H20N2O5. The molecule has 0 radical (unpaired) electrons. The van der Waals surface area contributed by atoms with Gasteiger partial charge in [-0.15, -0.1) is 0 Å². The summed E-state index contributed by atoms with van der Waals surface area (Å²) in [6.45, 7) is 5.80. The first-order valence-electron chi connectivity index (χ1n) is 6.74. The van der Waals surface area contributed by atoms with E-state index in [1.54, 1.807) is 6.07 Å². The molecule has 1 aliphatic heterocycles. The molecule has 1 atom stereocenters. The monoisotopic (exact) mass is 296 g/mol. The molecule has 1 fully saturated rings. The second-order valence-corrected chi connectivity index (χ2v) is 5.57. The number of hydrogen-bond acceptors (Lipinski definition) is 6. The van der Waals surface area contributed by atoms with Gasteiger partial charge in [0.25, 0.3) is 5.69 Å². The van der Waals surface area contributed by atoms with Gasteiger partial charge < -0.3 is 19.5 Å². The maximum absolute atomic E-state index is 10.9. The number of non-ortho nitro benzene ring substituents is 1. The van der Waals surface area contributed by atoms with Gasteiger partial charge in [-0.05, 0) is 13.8 Å². The molecule has 7 heteroatoms. The molecule has 0 spiro atoms. The Labute approximate surface area is 123 Å². The van der Waals surface area contributed by atoms with E-state index in [1.807, 2.05) is 13.8 Å². The van der Waals surface area contributed by atoms with Crippen LogP contribution in [0.25, 0.3) is 0 Å². The molecule has 21 heavy (non-hydrogen) atoms. The lowest BCUT2D eigenvalue weighted by Gasteiger charge is -2.36. The van der Waals surface area contributed by atoms with Crippen molar-refractivity contribution in [1.82, 2.24) is 5.32 Å². The van der Waals surface area contributed by atoms with E-state index in [1.165, 1.54) is 19.2 Å². The summed E-state index contributed by atoms with van der Waals surface area (Å²) in [6, 6.07) is 4.35. The van der Waals surface area contributed by atoms with Crippen LogP contribution in [0.1, 0.15) is 13.8 Å². The molecule has 0 amide bonds. The fourth-order valence-electron chi connectivity index (χ4n) is 2.21. The van der Waals surface area contributed by atoms with Crippen molar-refractivity contribution in [2.45, 2.75) is 25.6 Å². The SMILES string of the molecule is COc1cc(OCC2CNCC(C)(C)O2)cc([N+](=O)[O-])c1. The van der Waals surface area contributed by atoms with Gasteiger partial charge in [-0.2, -0.15) is 0 Å². The Balaban J connectivity index is 2.02. The number of rotatable bonds is 5. The van der Waals surface area contributed by atoms with E-state index < -0.39 is 4.92 Å². The van der Waals surface area contributed by atoms with Crippen LogP contribution in [0, 0.1) is 10.1 Å². The van der Waals surface area contributed by atoms with Crippen molar-refractivity contribution >= 4 is 5.69 Å². The summed E-state index contributed by atoms with van der Waals surface area (Å²) >= 11 is 0. The van der Waals surface area contributed by atoms with Crippen LogP contribution in [0.3, 0.4) is 0 Å². The molecule has 116 valence electrons. The van der Waals surface area contributed by atoms with Crippen molar-refractivity contribution in [3.63, 3.8) is 0 Å². The molecule has 0 saturated carbocycles. The maximum atomic E-state index is 10.9. The number of nitro benzene ring substituents is 1. The van der Waals surface area contributed by atoms with Gasteiger partial charge in [0, 0.05) is 19.2 Å². The van der Waals surface area contributed by atoms with E-state index in [-0.39, 0.29) is 17.4 Å². The summed E-state index contributed by atoms with van der Waals surface area (Å²) in [4.78, 5) is 10.4. The summed E-state index contributed by atoms with van der Waals surface area (Å²) < 4.78 is 16.5. The van der Waals surface area contributed by atoms with Crippen LogP contribution in [0.5, 0.6) is 11.5 Å². The molecule has 1 aromatic carbocycles. The Morgan fingerprint density at radius 3 is 2.76 bits per heavy atom. The molecule has 1 unspecified atom stereocenters. The van der Waals surface area contributed by atoms with Gasteiger partial charge >= 0.3 is 0 Å². The highest BCUT2D eigenvalue weighted by atomic mass is 16.6. The molecule has 1 aromatic rings. The fourth-order valence-corrected chi connectivity index (χ4v) is 2.21. The molecule has 0 bridgehead atoms. The molecule has 0 aromatic heterocycles. The predicted molar refractivity (Wildman–Crippen MR) is 77.0 cm³/mol. The van der Waals surface area contributed by atoms with E-state index in [0.29, 0.717) is 24.7 Å². The summed E-state index contributed by atoms with van der Waals surface area (Å²) in [6.07, 6.45) is -0.0981. The second kappa shape index (κ2) is 6.28. The Morgan fingerprint density at radius 2 is 2.14 bits per heavy atom. The highest BCUT2D eigenvalue weighted by molar-refractivity contribution is 5.46. The largest absolute Gasteiger partial charge is 0.496 e. The van der Waals surface area contributed by atoms with E-state index in [0.717, 1.165) is 6.54 Å². The number of morpholine rings is 1. The smallest absolute Gasteiger partial charge is 0.276 e. The van der Waals surface area contributed by atoms with E-state index in [4.69, 9.17) is 14.2 Å². The van der Waals surface area contributed by atoms with Crippen molar-refractivity contribution in [1.29, 1.82) is 0 Å². The summed E-state index contributed by atoms with van der Waals surface area (Å²) in [5, 5.41) is 14.1. The number of hydrogen-bond donors (Lipinski definition) is 1. The molecule has 0 aliphatic carbocycles. The standard InChI is InChI=1S/C14H20N2O5/c1-14(2)9-15-7-13(21-14)8-20-12-5-10(16(17)18)4-11(6-12)19-3/h4-6,13,15H,7-9H2,1-3H3. The lowest BCUT2D eigenvalue weighted by molar-refractivity contribution is -0.385. The first-order valence-corrected chi connectivity index (χ1v) is 6.74. The molecule has 7 nitrogen and oxygen atoms in total. The number of nitro groups is 1. The predicted octanol–water partition coefficient (Wildman–Crippen LogP) is 1.75. The Bertz CT molecular complexity index is 518. The normalized spacial score (nSPS) is 20.8. The van der Waals surface area contributed by atoms with Crippen LogP contribution in [0.15, 0.2) is 18.2 Å². The lowest BCUT2D eigenvalue weighted by atomic mass is 10.1. The Kier molecular flexibility index (Phi) is 4.64. The van der Waals surface area contributed by atoms with Crippen molar-refractivity contribution in [2.75, 3.05) is 26.8 Å². The highest BCUT2D eigenvalue weighted by Gasteiger charge is 2.28. The Morgan fingerprint density at radius 1 is 1.43 bits per heavy atom. The fraction of sp³-hybridized carbons (Fsp3) is 0.571. The van der Waals surface area contributed by atoms with Crippen LogP contribution < -0.4 is 14.8 Å². The molecule has 1 saturated heterocycles. The molecule has 1 N–H and O–H groups in total. The third kappa shape index (κ3) is 4.30. The minimum Gasteiger partial charge on any atom is -0.496 e. The number of methoxy groups -OCH3 is 1. The second-order valence-electron chi connectivity index (χ2n) is 5.57.